The van der Waals surface area contributed by atoms with E-state index in [0.717, 1.165) is 16.9 Å². The summed E-state index contributed by atoms with van der Waals surface area (Å²) in [6.45, 7) is 7.93. The number of ether oxygens (including phenoxy) is 1. The van der Waals surface area contributed by atoms with Crippen LogP contribution in [0.3, 0.4) is 0 Å². The molecule has 3 heteroatoms. The second-order valence-corrected chi connectivity index (χ2v) is 5.31. The third-order valence-corrected chi connectivity index (χ3v) is 3.70. The number of hydrogen-bond donors (Lipinski definition) is 2. The number of aliphatic hydroxyl groups excluding tert-OH is 1. The number of aliphatic hydroxyl groups is 1. The molecule has 0 radical (unpaired) electrons. The summed E-state index contributed by atoms with van der Waals surface area (Å²) < 4.78 is 5.90. The third kappa shape index (κ3) is 1.99. The summed E-state index contributed by atoms with van der Waals surface area (Å²) in [5, 5.41) is 19.1. The Morgan fingerprint density at radius 3 is 2.78 bits per heavy atom. The van der Waals surface area contributed by atoms with E-state index in [2.05, 4.69) is 20.4 Å². The van der Waals surface area contributed by atoms with Gasteiger partial charge in [-0.3, -0.25) is 0 Å². The number of fused-ring (bicyclic) bond motifs is 1. The number of hydrogen-bond acceptors (Lipinski definition) is 3. The van der Waals surface area contributed by atoms with Gasteiger partial charge in [-0.05, 0) is 18.6 Å². The first kappa shape index (κ1) is 13.0. The molecule has 1 heterocycles. The summed E-state index contributed by atoms with van der Waals surface area (Å²) in [6, 6.07) is 3.66. The molecule has 0 amide bonds. The predicted molar refractivity (Wildman–Crippen MR) is 71.2 cm³/mol. The Morgan fingerprint density at radius 1 is 1.44 bits per heavy atom. The van der Waals surface area contributed by atoms with Gasteiger partial charge in [0, 0.05) is 29.6 Å². The van der Waals surface area contributed by atoms with Crippen LogP contribution >= 0.6 is 0 Å². The molecule has 0 aliphatic carbocycles. The molecule has 1 aliphatic heterocycles. The monoisotopic (exact) mass is 248 g/mol. The molecule has 1 aromatic carbocycles. The molecule has 18 heavy (non-hydrogen) atoms. The summed E-state index contributed by atoms with van der Waals surface area (Å²) in [5.74, 6) is 1.10. The van der Waals surface area contributed by atoms with Gasteiger partial charge in [-0.2, -0.15) is 0 Å². The van der Waals surface area contributed by atoms with Crippen LogP contribution in [0, 0.1) is 0 Å². The molecule has 3 nitrogen and oxygen atoms in total. The van der Waals surface area contributed by atoms with Crippen molar-refractivity contribution in [1.82, 2.24) is 0 Å². The molecule has 98 valence electrons. The Morgan fingerprint density at radius 2 is 2.17 bits per heavy atom. The fourth-order valence-electron chi connectivity index (χ4n) is 2.54. The Kier molecular flexibility index (Phi) is 3.35. The van der Waals surface area contributed by atoms with Crippen LogP contribution in [-0.2, 0) is 11.8 Å². The smallest absolute Gasteiger partial charge is 0.124 e. The molecule has 0 aromatic heterocycles. The van der Waals surface area contributed by atoms with Crippen LogP contribution in [0.2, 0.25) is 0 Å². The van der Waals surface area contributed by atoms with Gasteiger partial charge in [0.2, 0.25) is 0 Å². The Bertz CT molecular complexity index is 463. The summed E-state index contributed by atoms with van der Waals surface area (Å²) in [6.07, 6.45) is 2.93. The van der Waals surface area contributed by atoms with Gasteiger partial charge in [0.1, 0.15) is 17.6 Å². The minimum atomic E-state index is -0.192. The van der Waals surface area contributed by atoms with E-state index in [9.17, 15) is 5.11 Å². The van der Waals surface area contributed by atoms with E-state index < -0.39 is 0 Å². The lowest BCUT2D eigenvalue weighted by molar-refractivity contribution is 0.125. The standard InChI is InChI=1S/C15H20O3/c1-4-5-10-8-13-11(9-12(10)17)15(2,3)14(18-13)6-7-16/h4,8-9,14,16-17H,1,5-7H2,2-3H3/t14-/m0/s1. The van der Waals surface area contributed by atoms with Crippen molar-refractivity contribution in [2.75, 3.05) is 6.61 Å². The predicted octanol–water partition coefficient (Wildman–Crippen LogP) is 2.54. The number of benzene rings is 1. The molecule has 0 bridgehead atoms. The number of allylic oxidation sites excluding steroid dienone is 1. The van der Waals surface area contributed by atoms with Gasteiger partial charge in [0.15, 0.2) is 0 Å². The highest BCUT2D eigenvalue weighted by atomic mass is 16.5. The first-order chi connectivity index (χ1) is 8.50. The minimum Gasteiger partial charge on any atom is -0.508 e. The van der Waals surface area contributed by atoms with Crippen LogP contribution in [0.25, 0.3) is 0 Å². The van der Waals surface area contributed by atoms with E-state index in [4.69, 9.17) is 9.84 Å². The average Bonchev–Trinajstić information content (AvgIpc) is 2.54. The lowest BCUT2D eigenvalue weighted by atomic mass is 9.79. The molecule has 2 rings (SSSR count). The summed E-state index contributed by atoms with van der Waals surface area (Å²) >= 11 is 0. The Balaban J connectivity index is 2.41. The molecule has 1 aliphatic rings. The normalized spacial score (nSPS) is 20.3. The van der Waals surface area contributed by atoms with Gasteiger partial charge < -0.3 is 14.9 Å². The molecular weight excluding hydrogens is 228 g/mol. The van der Waals surface area contributed by atoms with Gasteiger partial charge in [-0.1, -0.05) is 19.9 Å². The van der Waals surface area contributed by atoms with Crippen molar-refractivity contribution >= 4 is 0 Å². The first-order valence-corrected chi connectivity index (χ1v) is 6.25. The molecular formula is C15H20O3. The zero-order chi connectivity index (χ0) is 13.3. The van der Waals surface area contributed by atoms with Crippen LogP contribution in [0.15, 0.2) is 24.8 Å². The minimum absolute atomic E-state index is 0.0455. The van der Waals surface area contributed by atoms with Crippen molar-refractivity contribution in [2.45, 2.75) is 38.2 Å². The van der Waals surface area contributed by atoms with E-state index in [1.165, 1.54) is 0 Å². The number of phenols is 1. The number of rotatable bonds is 4. The van der Waals surface area contributed by atoms with Gasteiger partial charge in [0.05, 0.1) is 0 Å². The first-order valence-electron chi connectivity index (χ1n) is 6.25. The van der Waals surface area contributed by atoms with Crippen molar-refractivity contribution in [1.29, 1.82) is 0 Å². The van der Waals surface area contributed by atoms with Crippen LogP contribution in [0.5, 0.6) is 11.5 Å². The zero-order valence-electron chi connectivity index (χ0n) is 10.9. The largest absolute Gasteiger partial charge is 0.508 e. The topological polar surface area (TPSA) is 49.7 Å². The fraction of sp³-hybridized carbons (Fsp3) is 0.467. The molecule has 0 spiro atoms. The summed E-state index contributed by atoms with van der Waals surface area (Å²) in [7, 11) is 0. The zero-order valence-corrected chi connectivity index (χ0v) is 10.9. The lowest BCUT2D eigenvalue weighted by Gasteiger charge is -2.25. The van der Waals surface area contributed by atoms with E-state index in [1.807, 2.05) is 6.07 Å². The van der Waals surface area contributed by atoms with Gasteiger partial charge in [-0.25, -0.2) is 0 Å². The quantitative estimate of drug-likeness (QED) is 0.805. The molecule has 0 saturated heterocycles. The molecule has 1 aromatic rings. The Hall–Kier alpha value is -1.48. The van der Waals surface area contributed by atoms with Crippen LogP contribution in [0.1, 0.15) is 31.4 Å². The van der Waals surface area contributed by atoms with Crippen molar-refractivity contribution in [3.8, 4) is 11.5 Å². The van der Waals surface area contributed by atoms with Crippen molar-refractivity contribution in [3.05, 3.63) is 35.9 Å². The molecule has 0 unspecified atom stereocenters. The van der Waals surface area contributed by atoms with Crippen molar-refractivity contribution in [3.63, 3.8) is 0 Å². The molecule has 0 saturated carbocycles. The molecule has 0 fully saturated rings. The van der Waals surface area contributed by atoms with Gasteiger partial charge >= 0.3 is 0 Å². The van der Waals surface area contributed by atoms with Gasteiger partial charge in [-0.15, -0.1) is 6.58 Å². The van der Waals surface area contributed by atoms with E-state index in [-0.39, 0.29) is 23.9 Å². The maximum absolute atomic E-state index is 10.0. The van der Waals surface area contributed by atoms with Crippen LogP contribution in [0.4, 0.5) is 0 Å². The number of aromatic hydroxyl groups is 1. The maximum Gasteiger partial charge on any atom is 0.124 e. The average molecular weight is 248 g/mol. The second kappa shape index (κ2) is 4.65. The summed E-state index contributed by atoms with van der Waals surface area (Å²) in [5.41, 5.74) is 1.64. The second-order valence-electron chi connectivity index (χ2n) is 5.31. The lowest BCUT2D eigenvalue weighted by Crippen LogP contribution is -2.32. The van der Waals surface area contributed by atoms with Crippen LogP contribution < -0.4 is 4.74 Å². The fourth-order valence-corrected chi connectivity index (χ4v) is 2.54. The van der Waals surface area contributed by atoms with E-state index in [0.29, 0.717) is 12.8 Å². The van der Waals surface area contributed by atoms with Crippen LogP contribution in [-0.4, -0.2) is 22.9 Å². The molecule has 2 N–H and O–H groups in total. The maximum atomic E-state index is 10.0. The highest BCUT2D eigenvalue weighted by Gasteiger charge is 2.41. The highest BCUT2D eigenvalue weighted by molar-refractivity contribution is 5.52. The van der Waals surface area contributed by atoms with Crippen molar-refractivity contribution < 1.29 is 14.9 Å². The summed E-state index contributed by atoms with van der Waals surface area (Å²) in [4.78, 5) is 0. The highest BCUT2D eigenvalue weighted by Crippen LogP contribution is 2.46. The van der Waals surface area contributed by atoms with E-state index in [1.54, 1.807) is 12.1 Å². The van der Waals surface area contributed by atoms with Gasteiger partial charge in [0.25, 0.3) is 0 Å². The molecule has 1 atom stereocenters. The number of phenolic OH excluding ortho intramolecular Hbond substituents is 1. The van der Waals surface area contributed by atoms with Crippen molar-refractivity contribution in [2.24, 2.45) is 0 Å². The SMILES string of the molecule is C=CCc1cc2c(cc1O)C(C)(C)[C@H](CCO)O2. The van der Waals surface area contributed by atoms with E-state index >= 15 is 0 Å². The third-order valence-electron chi connectivity index (χ3n) is 3.70. The Labute approximate surface area is 108 Å².